The summed E-state index contributed by atoms with van der Waals surface area (Å²) in [5.74, 6) is 1.62. The molecule has 1 atom stereocenters. The predicted molar refractivity (Wildman–Crippen MR) is 101 cm³/mol. The molecule has 6 heteroatoms. The minimum absolute atomic E-state index is 0.0157. The number of H-pyrrole nitrogens is 1. The molecule has 1 N–H and O–H groups in total. The molecule has 5 nitrogen and oxygen atoms in total. The Kier molecular flexibility index (Phi) is 5.02. The van der Waals surface area contributed by atoms with E-state index < -0.39 is 0 Å². The van der Waals surface area contributed by atoms with E-state index in [9.17, 15) is 4.79 Å². The van der Waals surface area contributed by atoms with Crippen molar-refractivity contribution < 1.29 is 9.53 Å². The molecule has 26 heavy (non-hydrogen) atoms. The Morgan fingerprint density at radius 3 is 3.08 bits per heavy atom. The molecule has 0 spiro atoms. The van der Waals surface area contributed by atoms with Crippen LogP contribution in [0.2, 0.25) is 0 Å². The molecule has 0 aliphatic carbocycles. The van der Waals surface area contributed by atoms with Gasteiger partial charge in [-0.1, -0.05) is 12.1 Å². The Hall–Kier alpha value is -2.60. The number of imidazole rings is 1. The molecule has 2 aromatic heterocycles. The molecule has 134 valence electrons. The first-order valence-corrected chi connectivity index (χ1v) is 9.75. The zero-order valence-electron chi connectivity index (χ0n) is 14.4. The van der Waals surface area contributed by atoms with Crippen LogP contribution >= 0.6 is 11.3 Å². The fraction of sp³-hybridized carbons (Fsp3) is 0.300. The van der Waals surface area contributed by atoms with Gasteiger partial charge in [0.05, 0.1) is 6.04 Å². The van der Waals surface area contributed by atoms with E-state index in [1.54, 1.807) is 17.5 Å². The third kappa shape index (κ3) is 3.65. The van der Waals surface area contributed by atoms with E-state index in [0.717, 1.165) is 42.3 Å². The molecule has 1 aromatic carbocycles. The number of likely N-dealkylation sites (tertiary alicyclic amines) is 1. The van der Waals surface area contributed by atoms with Gasteiger partial charge in [0.15, 0.2) is 0 Å². The highest BCUT2D eigenvalue weighted by molar-refractivity contribution is 7.09. The summed E-state index contributed by atoms with van der Waals surface area (Å²) in [6.45, 7) is 1.28. The highest BCUT2D eigenvalue weighted by Crippen LogP contribution is 2.30. The van der Waals surface area contributed by atoms with Crippen molar-refractivity contribution in [3.05, 3.63) is 70.4 Å². The van der Waals surface area contributed by atoms with Gasteiger partial charge in [0.1, 0.15) is 18.2 Å². The zero-order valence-corrected chi connectivity index (χ0v) is 15.2. The normalized spacial score (nSPS) is 17.2. The Labute approximate surface area is 156 Å². The van der Waals surface area contributed by atoms with Gasteiger partial charge in [-0.25, -0.2) is 4.98 Å². The number of aromatic nitrogens is 2. The van der Waals surface area contributed by atoms with Crippen LogP contribution in [0.25, 0.3) is 0 Å². The van der Waals surface area contributed by atoms with E-state index in [-0.39, 0.29) is 11.9 Å². The Bertz CT molecular complexity index is 846. The molecule has 3 aromatic rings. The van der Waals surface area contributed by atoms with E-state index in [4.69, 9.17) is 4.74 Å². The number of carbonyl (C=O) groups excluding carboxylic acids is 1. The molecule has 1 amide bonds. The van der Waals surface area contributed by atoms with Crippen LogP contribution in [0.4, 0.5) is 0 Å². The maximum absolute atomic E-state index is 13.1. The van der Waals surface area contributed by atoms with Crippen LogP contribution in [0.1, 0.15) is 46.4 Å². The SMILES string of the molecule is O=C(c1cccc(OCc2cccs2)c1)N1CCCC[C@H]1c1ncc[nH]1. The number of amides is 1. The van der Waals surface area contributed by atoms with Gasteiger partial charge < -0.3 is 14.6 Å². The van der Waals surface area contributed by atoms with Crippen LogP contribution in [0, 0.1) is 0 Å². The van der Waals surface area contributed by atoms with Crippen LogP contribution in [0.5, 0.6) is 5.75 Å². The van der Waals surface area contributed by atoms with E-state index in [0.29, 0.717) is 12.2 Å². The number of hydrogen-bond acceptors (Lipinski definition) is 4. The molecule has 1 saturated heterocycles. The molecule has 1 aliphatic heterocycles. The Balaban J connectivity index is 1.50. The van der Waals surface area contributed by atoms with Crippen molar-refractivity contribution in [2.45, 2.75) is 31.9 Å². The van der Waals surface area contributed by atoms with Gasteiger partial charge >= 0.3 is 0 Å². The lowest BCUT2D eigenvalue weighted by molar-refractivity contribution is 0.0600. The smallest absolute Gasteiger partial charge is 0.254 e. The van der Waals surface area contributed by atoms with E-state index in [1.165, 1.54) is 0 Å². The molecule has 3 heterocycles. The number of benzene rings is 1. The van der Waals surface area contributed by atoms with Crippen molar-refractivity contribution in [3.8, 4) is 5.75 Å². The molecule has 1 fully saturated rings. The number of carbonyl (C=O) groups is 1. The largest absolute Gasteiger partial charge is 0.488 e. The first kappa shape index (κ1) is 16.8. The summed E-state index contributed by atoms with van der Waals surface area (Å²) in [5.41, 5.74) is 0.659. The van der Waals surface area contributed by atoms with Gasteiger partial charge in [-0.05, 0) is 48.9 Å². The van der Waals surface area contributed by atoms with Crippen molar-refractivity contribution in [3.63, 3.8) is 0 Å². The summed E-state index contributed by atoms with van der Waals surface area (Å²) < 4.78 is 5.85. The fourth-order valence-corrected chi connectivity index (χ4v) is 3.97. The summed E-state index contributed by atoms with van der Waals surface area (Å²) >= 11 is 1.66. The fourth-order valence-electron chi connectivity index (χ4n) is 3.35. The van der Waals surface area contributed by atoms with Gasteiger partial charge in [-0.15, -0.1) is 11.3 Å². The van der Waals surface area contributed by atoms with Crippen molar-refractivity contribution in [1.29, 1.82) is 0 Å². The molecule has 0 bridgehead atoms. The lowest BCUT2D eigenvalue weighted by Gasteiger charge is -2.34. The van der Waals surface area contributed by atoms with Crippen LogP contribution in [-0.2, 0) is 6.61 Å². The average Bonchev–Trinajstić information content (AvgIpc) is 3.40. The quantitative estimate of drug-likeness (QED) is 0.726. The third-order valence-electron chi connectivity index (χ3n) is 4.64. The van der Waals surface area contributed by atoms with Crippen LogP contribution in [-0.4, -0.2) is 27.3 Å². The maximum atomic E-state index is 13.1. The maximum Gasteiger partial charge on any atom is 0.254 e. The van der Waals surface area contributed by atoms with E-state index in [1.807, 2.05) is 52.9 Å². The third-order valence-corrected chi connectivity index (χ3v) is 5.49. The molecular formula is C20H21N3O2S. The van der Waals surface area contributed by atoms with Gasteiger partial charge in [0, 0.05) is 29.4 Å². The lowest BCUT2D eigenvalue weighted by atomic mass is 10.00. The topological polar surface area (TPSA) is 58.2 Å². The summed E-state index contributed by atoms with van der Waals surface area (Å²) in [5, 5.41) is 2.03. The number of nitrogens with zero attached hydrogens (tertiary/aromatic N) is 2. The standard InChI is InChI=1S/C20H21N3O2S/c24-20(23-11-2-1-8-18(23)19-21-9-10-22-19)15-5-3-6-16(13-15)25-14-17-7-4-12-26-17/h3-7,9-10,12-13,18H,1-2,8,11,14H2,(H,21,22)/t18-/m0/s1. The summed E-state index contributed by atoms with van der Waals surface area (Å²) in [6, 6.07) is 11.5. The van der Waals surface area contributed by atoms with Gasteiger partial charge in [0.2, 0.25) is 0 Å². The van der Waals surface area contributed by atoms with Crippen LogP contribution in [0.15, 0.2) is 54.2 Å². The number of nitrogens with one attached hydrogen (secondary N) is 1. The first-order chi connectivity index (χ1) is 12.8. The van der Waals surface area contributed by atoms with E-state index >= 15 is 0 Å². The Morgan fingerprint density at radius 1 is 1.31 bits per heavy atom. The average molecular weight is 367 g/mol. The second-order valence-corrected chi connectivity index (χ2v) is 7.41. The van der Waals surface area contributed by atoms with Gasteiger partial charge in [-0.3, -0.25) is 4.79 Å². The lowest BCUT2D eigenvalue weighted by Crippen LogP contribution is -2.39. The monoisotopic (exact) mass is 367 g/mol. The highest BCUT2D eigenvalue weighted by atomic mass is 32.1. The summed E-state index contributed by atoms with van der Waals surface area (Å²) in [6.07, 6.45) is 6.63. The van der Waals surface area contributed by atoms with Gasteiger partial charge in [-0.2, -0.15) is 0 Å². The number of hydrogen-bond donors (Lipinski definition) is 1. The van der Waals surface area contributed by atoms with Crippen LogP contribution < -0.4 is 4.74 Å². The van der Waals surface area contributed by atoms with Gasteiger partial charge in [0.25, 0.3) is 5.91 Å². The number of aromatic amines is 1. The highest BCUT2D eigenvalue weighted by Gasteiger charge is 2.30. The van der Waals surface area contributed by atoms with Crippen molar-refractivity contribution in [2.75, 3.05) is 6.54 Å². The molecular weight excluding hydrogens is 346 g/mol. The van der Waals surface area contributed by atoms with Crippen molar-refractivity contribution in [1.82, 2.24) is 14.9 Å². The van der Waals surface area contributed by atoms with E-state index in [2.05, 4.69) is 9.97 Å². The Morgan fingerprint density at radius 2 is 2.27 bits per heavy atom. The number of piperidine rings is 1. The van der Waals surface area contributed by atoms with Crippen molar-refractivity contribution >= 4 is 17.2 Å². The number of rotatable bonds is 5. The zero-order chi connectivity index (χ0) is 17.8. The second kappa shape index (κ2) is 7.74. The molecule has 1 aliphatic rings. The predicted octanol–water partition coefficient (Wildman–Crippen LogP) is 4.42. The molecule has 0 radical (unpaired) electrons. The van der Waals surface area contributed by atoms with Crippen LogP contribution in [0.3, 0.4) is 0 Å². The summed E-state index contributed by atoms with van der Waals surface area (Å²) in [4.78, 5) is 23.7. The first-order valence-electron chi connectivity index (χ1n) is 8.87. The second-order valence-electron chi connectivity index (χ2n) is 6.38. The molecule has 0 saturated carbocycles. The molecule has 4 rings (SSSR count). The molecule has 0 unspecified atom stereocenters. The number of ether oxygens (including phenoxy) is 1. The minimum atomic E-state index is 0.0157. The summed E-state index contributed by atoms with van der Waals surface area (Å²) in [7, 11) is 0. The minimum Gasteiger partial charge on any atom is -0.488 e. The number of thiophene rings is 1. The van der Waals surface area contributed by atoms with Crippen molar-refractivity contribution in [2.24, 2.45) is 0 Å².